The van der Waals surface area contributed by atoms with Crippen LogP contribution in [0, 0.1) is 0 Å². The molecule has 0 heterocycles. The van der Waals surface area contributed by atoms with Crippen molar-refractivity contribution in [1.29, 1.82) is 0 Å². The number of hydrogen-bond donors (Lipinski definition) is 1. The number of amides is 1. The minimum atomic E-state index is -0.0634. The van der Waals surface area contributed by atoms with Gasteiger partial charge in [0.25, 0.3) is 5.91 Å². The van der Waals surface area contributed by atoms with Gasteiger partial charge in [-0.1, -0.05) is 55.5 Å². The standard InChI is InChI=1S/C18H20ClNO/c1-2-15-10-6-7-11-17(15)18(21)20-16(13-19)12-14-8-4-3-5-9-14/h3-11,16H,2,12-13H2,1H3,(H,20,21). The Bertz CT molecular complexity index is 583. The molecule has 0 aromatic heterocycles. The summed E-state index contributed by atoms with van der Waals surface area (Å²) < 4.78 is 0. The molecule has 0 bridgehead atoms. The summed E-state index contributed by atoms with van der Waals surface area (Å²) in [5.41, 5.74) is 2.97. The fourth-order valence-electron chi connectivity index (χ4n) is 2.36. The largest absolute Gasteiger partial charge is 0.348 e. The summed E-state index contributed by atoms with van der Waals surface area (Å²) in [4.78, 5) is 12.4. The number of carbonyl (C=O) groups is 1. The van der Waals surface area contributed by atoms with E-state index in [1.165, 1.54) is 5.56 Å². The fourth-order valence-corrected chi connectivity index (χ4v) is 2.54. The van der Waals surface area contributed by atoms with Gasteiger partial charge in [-0.2, -0.15) is 0 Å². The second kappa shape index (κ2) is 7.84. The van der Waals surface area contributed by atoms with E-state index in [4.69, 9.17) is 11.6 Å². The van der Waals surface area contributed by atoms with Gasteiger partial charge in [0.05, 0.1) is 0 Å². The molecule has 1 unspecified atom stereocenters. The van der Waals surface area contributed by atoms with Crippen LogP contribution in [0.5, 0.6) is 0 Å². The van der Waals surface area contributed by atoms with Crippen LogP contribution in [-0.2, 0) is 12.8 Å². The van der Waals surface area contributed by atoms with Crippen LogP contribution in [0.3, 0.4) is 0 Å². The summed E-state index contributed by atoms with van der Waals surface area (Å²) in [6.45, 7) is 2.05. The number of hydrogen-bond acceptors (Lipinski definition) is 1. The first kappa shape index (κ1) is 15.6. The van der Waals surface area contributed by atoms with Gasteiger partial charge in [-0.15, -0.1) is 11.6 Å². The van der Waals surface area contributed by atoms with Gasteiger partial charge < -0.3 is 5.32 Å². The quantitative estimate of drug-likeness (QED) is 0.807. The Morgan fingerprint density at radius 2 is 1.76 bits per heavy atom. The molecule has 0 radical (unpaired) electrons. The molecule has 1 amide bonds. The summed E-state index contributed by atoms with van der Waals surface area (Å²) in [5.74, 6) is 0.351. The number of halogens is 1. The maximum Gasteiger partial charge on any atom is 0.251 e. The Kier molecular flexibility index (Phi) is 5.82. The highest BCUT2D eigenvalue weighted by Gasteiger charge is 2.15. The Balaban J connectivity index is 2.06. The third-order valence-corrected chi connectivity index (χ3v) is 3.86. The third kappa shape index (κ3) is 4.33. The van der Waals surface area contributed by atoms with Gasteiger partial charge in [-0.25, -0.2) is 0 Å². The van der Waals surface area contributed by atoms with E-state index in [0.717, 1.165) is 24.0 Å². The Labute approximate surface area is 131 Å². The van der Waals surface area contributed by atoms with Crippen molar-refractivity contribution in [2.24, 2.45) is 0 Å². The lowest BCUT2D eigenvalue weighted by Gasteiger charge is -2.17. The molecule has 0 aliphatic rings. The zero-order valence-electron chi connectivity index (χ0n) is 12.2. The van der Waals surface area contributed by atoms with Crippen LogP contribution < -0.4 is 5.32 Å². The SMILES string of the molecule is CCc1ccccc1C(=O)NC(CCl)Cc1ccccc1. The van der Waals surface area contributed by atoms with Crippen molar-refractivity contribution < 1.29 is 4.79 Å². The van der Waals surface area contributed by atoms with E-state index in [-0.39, 0.29) is 11.9 Å². The monoisotopic (exact) mass is 301 g/mol. The lowest BCUT2D eigenvalue weighted by molar-refractivity contribution is 0.0939. The molecule has 1 atom stereocenters. The van der Waals surface area contributed by atoms with Gasteiger partial charge in [0.15, 0.2) is 0 Å². The molecule has 0 saturated heterocycles. The average molecular weight is 302 g/mol. The van der Waals surface area contributed by atoms with Crippen LogP contribution in [0.25, 0.3) is 0 Å². The molecular formula is C18H20ClNO. The van der Waals surface area contributed by atoms with Crippen LogP contribution in [0.2, 0.25) is 0 Å². The van der Waals surface area contributed by atoms with Crippen molar-refractivity contribution in [2.45, 2.75) is 25.8 Å². The number of alkyl halides is 1. The lowest BCUT2D eigenvalue weighted by Crippen LogP contribution is -2.38. The normalized spacial score (nSPS) is 11.9. The van der Waals surface area contributed by atoms with Gasteiger partial charge in [0, 0.05) is 17.5 Å². The minimum Gasteiger partial charge on any atom is -0.348 e. The topological polar surface area (TPSA) is 29.1 Å². The molecule has 21 heavy (non-hydrogen) atoms. The summed E-state index contributed by atoms with van der Waals surface area (Å²) in [6, 6.07) is 17.7. The van der Waals surface area contributed by atoms with Crippen molar-refractivity contribution in [3.63, 3.8) is 0 Å². The molecule has 3 heteroatoms. The van der Waals surface area contributed by atoms with Gasteiger partial charge >= 0.3 is 0 Å². The summed E-state index contributed by atoms with van der Waals surface area (Å²) in [6.07, 6.45) is 1.58. The van der Waals surface area contributed by atoms with Crippen molar-refractivity contribution in [3.05, 3.63) is 71.3 Å². The predicted octanol–water partition coefficient (Wildman–Crippen LogP) is 3.83. The predicted molar refractivity (Wildman–Crippen MR) is 87.9 cm³/mol. The summed E-state index contributed by atoms with van der Waals surface area (Å²) in [5, 5.41) is 3.04. The maximum absolute atomic E-state index is 12.4. The molecule has 0 fully saturated rings. The Hall–Kier alpha value is -1.80. The van der Waals surface area contributed by atoms with E-state index in [2.05, 4.69) is 12.2 Å². The van der Waals surface area contributed by atoms with Crippen molar-refractivity contribution in [2.75, 3.05) is 5.88 Å². The molecule has 1 N–H and O–H groups in total. The van der Waals surface area contributed by atoms with Crippen molar-refractivity contribution in [3.8, 4) is 0 Å². The molecule has 2 aromatic carbocycles. The molecule has 0 spiro atoms. The van der Waals surface area contributed by atoms with E-state index in [1.807, 2.05) is 54.6 Å². The third-order valence-electron chi connectivity index (χ3n) is 3.49. The van der Waals surface area contributed by atoms with Crippen LogP contribution in [0.15, 0.2) is 54.6 Å². The van der Waals surface area contributed by atoms with E-state index in [1.54, 1.807) is 0 Å². The maximum atomic E-state index is 12.4. The van der Waals surface area contributed by atoms with Crippen LogP contribution in [0.1, 0.15) is 28.4 Å². The minimum absolute atomic E-state index is 0.0472. The van der Waals surface area contributed by atoms with Gasteiger partial charge in [0.1, 0.15) is 0 Å². The van der Waals surface area contributed by atoms with Gasteiger partial charge in [0.2, 0.25) is 0 Å². The molecule has 110 valence electrons. The van der Waals surface area contributed by atoms with Crippen LogP contribution >= 0.6 is 11.6 Å². The molecule has 2 rings (SSSR count). The molecule has 0 aliphatic carbocycles. The van der Waals surface area contributed by atoms with Gasteiger partial charge in [-0.3, -0.25) is 4.79 Å². The lowest BCUT2D eigenvalue weighted by atomic mass is 10.0. The molecular weight excluding hydrogens is 282 g/mol. The van der Waals surface area contributed by atoms with Gasteiger partial charge in [-0.05, 0) is 30.0 Å². The molecule has 2 aromatic rings. The van der Waals surface area contributed by atoms with Crippen LogP contribution in [0.4, 0.5) is 0 Å². The number of nitrogens with one attached hydrogen (secondary N) is 1. The average Bonchev–Trinajstić information content (AvgIpc) is 2.55. The highest BCUT2D eigenvalue weighted by atomic mass is 35.5. The number of benzene rings is 2. The molecule has 2 nitrogen and oxygen atoms in total. The number of aryl methyl sites for hydroxylation is 1. The van der Waals surface area contributed by atoms with E-state index in [0.29, 0.717) is 5.88 Å². The zero-order valence-corrected chi connectivity index (χ0v) is 12.9. The van der Waals surface area contributed by atoms with Crippen molar-refractivity contribution in [1.82, 2.24) is 5.32 Å². The summed E-state index contributed by atoms with van der Waals surface area (Å²) in [7, 11) is 0. The van der Waals surface area contributed by atoms with Crippen molar-refractivity contribution >= 4 is 17.5 Å². The molecule has 0 saturated carbocycles. The first-order valence-electron chi connectivity index (χ1n) is 7.23. The Morgan fingerprint density at radius 1 is 1.10 bits per heavy atom. The first-order valence-corrected chi connectivity index (χ1v) is 7.76. The number of carbonyl (C=O) groups excluding carboxylic acids is 1. The highest BCUT2D eigenvalue weighted by molar-refractivity contribution is 6.18. The summed E-state index contributed by atoms with van der Waals surface area (Å²) >= 11 is 6.01. The second-order valence-corrected chi connectivity index (χ2v) is 5.33. The Morgan fingerprint density at radius 3 is 2.43 bits per heavy atom. The second-order valence-electron chi connectivity index (χ2n) is 5.03. The fraction of sp³-hybridized carbons (Fsp3) is 0.278. The number of rotatable bonds is 6. The highest BCUT2D eigenvalue weighted by Crippen LogP contribution is 2.11. The van der Waals surface area contributed by atoms with E-state index < -0.39 is 0 Å². The first-order chi connectivity index (χ1) is 10.2. The molecule has 0 aliphatic heterocycles. The van der Waals surface area contributed by atoms with E-state index >= 15 is 0 Å². The van der Waals surface area contributed by atoms with E-state index in [9.17, 15) is 4.79 Å². The zero-order chi connectivity index (χ0) is 15.1. The van der Waals surface area contributed by atoms with Crippen LogP contribution in [-0.4, -0.2) is 17.8 Å². The smallest absolute Gasteiger partial charge is 0.251 e.